The van der Waals surface area contributed by atoms with Gasteiger partial charge in [0.2, 0.25) is 0 Å². The summed E-state index contributed by atoms with van der Waals surface area (Å²) in [5, 5.41) is 0. The molecule has 4 nitrogen and oxygen atoms in total. The van der Waals surface area contributed by atoms with E-state index in [2.05, 4.69) is 6.07 Å². The number of nitrogen functional groups attached to an aromatic ring is 1. The molecule has 0 bridgehead atoms. The Balaban J connectivity index is 2.14. The first-order valence-corrected chi connectivity index (χ1v) is 6.62. The van der Waals surface area contributed by atoms with E-state index in [0.717, 1.165) is 17.7 Å². The molecule has 1 aromatic carbocycles. The fraction of sp³-hybridized carbons (Fsp3) is 0.533. The number of amides is 1. The van der Waals surface area contributed by atoms with Crippen molar-refractivity contribution in [3.63, 3.8) is 0 Å². The summed E-state index contributed by atoms with van der Waals surface area (Å²) in [5.41, 5.74) is 9.76. The summed E-state index contributed by atoms with van der Waals surface area (Å²) in [4.78, 5) is 13.8. The molecule has 0 unspecified atom stereocenters. The highest BCUT2D eigenvalue weighted by atomic mass is 16.6. The SMILES string of the molecule is Cc1cc2c(cc1N)CCN(C(=O)OC(C)(C)C)C2. The zero-order valence-corrected chi connectivity index (χ0v) is 12.1. The first kappa shape index (κ1) is 13.7. The number of benzene rings is 1. The van der Waals surface area contributed by atoms with Crippen molar-refractivity contribution in [2.75, 3.05) is 12.3 Å². The Morgan fingerprint density at radius 2 is 2.00 bits per heavy atom. The highest BCUT2D eigenvalue weighted by molar-refractivity contribution is 5.69. The fourth-order valence-corrected chi connectivity index (χ4v) is 2.23. The van der Waals surface area contributed by atoms with Gasteiger partial charge in [-0.3, -0.25) is 0 Å². The first-order chi connectivity index (χ1) is 8.76. The molecule has 0 saturated carbocycles. The van der Waals surface area contributed by atoms with Crippen molar-refractivity contribution in [1.29, 1.82) is 0 Å². The van der Waals surface area contributed by atoms with Crippen LogP contribution in [-0.4, -0.2) is 23.1 Å². The van der Waals surface area contributed by atoms with Crippen LogP contribution in [0.3, 0.4) is 0 Å². The third-order valence-corrected chi connectivity index (χ3v) is 3.25. The fourth-order valence-electron chi connectivity index (χ4n) is 2.23. The highest BCUT2D eigenvalue weighted by Crippen LogP contribution is 2.25. The molecule has 1 heterocycles. The molecule has 1 aromatic rings. The van der Waals surface area contributed by atoms with Crippen LogP contribution in [-0.2, 0) is 17.7 Å². The molecule has 104 valence electrons. The predicted molar refractivity (Wildman–Crippen MR) is 75.9 cm³/mol. The van der Waals surface area contributed by atoms with Gasteiger partial charge in [-0.05, 0) is 56.9 Å². The van der Waals surface area contributed by atoms with Gasteiger partial charge >= 0.3 is 6.09 Å². The lowest BCUT2D eigenvalue weighted by atomic mass is 9.97. The monoisotopic (exact) mass is 262 g/mol. The van der Waals surface area contributed by atoms with E-state index in [1.807, 2.05) is 33.8 Å². The van der Waals surface area contributed by atoms with E-state index >= 15 is 0 Å². The van der Waals surface area contributed by atoms with E-state index in [1.54, 1.807) is 4.90 Å². The van der Waals surface area contributed by atoms with Gasteiger partial charge in [0.25, 0.3) is 0 Å². The number of nitrogens with two attached hydrogens (primary N) is 1. The van der Waals surface area contributed by atoms with Crippen molar-refractivity contribution < 1.29 is 9.53 Å². The van der Waals surface area contributed by atoms with Crippen LogP contribution in [0.15, 0.2) is 12.1 Å². The second-order valence-corrected chi connectivity index (χ2v) is 6.13. The van der Waals surface area contributed by atoms with E-state index in [1.165, 1.54) is 11.1 Å². The van der Waals surface area contributed by atoms with Gasteiger partial charge in [-0.15, -0.1) is 0 Å². The predicted octanol–water partition coefficient (Wildman–Crippen LogP) is 2.87. The number of hydrogen-bond donors (Lipinski definition) is 1. The minimum Gasteiger partial charge on any atom is -0.444 e. The summed E-state index contributed by atoms with van der Waals surface area (Å²) in [7, 11) is 0. The lowest BCUT2D eigenvalue weighted by Crippen LogP contribution is -2.39. The minimum absolute atomic E-state index is 0.243. The molecule has 0 saturated heterocycles. The Morgan fingerprint density at radius 1 is 1.32 bits per heavy atom. The molecule has 0 radical (unpaired) electrons. The third kappa shape index (κ3) is 3.19. The summed E-state index contributed by atoms with van der Waals surface area (Å²) < 4.78 is 5.41. The quantitative estimate of drug-likeness (QED) is 0.731. The summed E-state index contributed by atoms with van der Waals surface area (Å²) >= 11 is 0. The maximum absolute atomic E-state index is 12.1. The van der Waals surface area contributed by atoms with Crippen LogP contribution in [0.5, 0.6) is 0 Å². The van der Waals surface area contributed by atoms with Gasteiger partial charge in [0.05, 0.1) is 0 Å². The van der Waals surface area contributed by atoms with E-state index in [9.17, 15) is 4.79 Å². The van der Waals surface area contributed by atoms with Crippen LogP contribution in [0.25, 0.3) is 0 Å². The Bertz CT molecular complexity index is 504. The highest BCUT2D eigenvalue weighted by Gasteiger charge is 2.25. The Hall–Kier alpha value is -1.71. The normalized spacial score (nSPS) is 15.1. The van der Waals surface area contributed by atoms with Crippen molar-refractivity contribution in [3.8, 4) is 0 Å². The van der Waals surface area contributed by atoms with Gasteiger partial charge in [-0.1, -0.05) is 6.07 Å². The molecular weight excluding hydrogens is 240 g/mol. The van der Waals surface area contributed by atoms with Gasteiger partial charge < -0.3 is 15.4 Å². The topological polar surface area (TPSA) is 55.6 Å². The Labute approximate surface area is 114 Å². The summed E-state index contributed by atoms with van der Waals surface area (Å²) in [6.07, 6.45) is 0.589. The summed E-state index contributed by atoms with van der Waals surface area (Å²) in [6.45, 7) is 8.92. The van der Waals surface area contributed by atoms with Gasteiger partial charge in [0, 0.05) is 18.8 Å². The molecule has 0 atom stereocenters. The number of ether oxygens (including phenoxy) is 1. The van der Waals surface area contributed by atoms with Gasteiger partial charge in [-0.2, -0.15) is 0 Å². The number of nitrogens with zero attached hydrogens (tertiary/aromatic N) is 1. The number of rotatable bonds is 0. The lowest BCUT2D eigenvalue weighted by Gasteiger charge is -2.31. The first-order valence-electron chi connectivity index (χ1n) is 6.62. The standard InChI is InChI=1S/C15H22N2O2/c1-10-7-12-9-17(14(18)19-15(2,3)4)6-5-11(12)8-13(10)16/h7-8H,5-6,9,16H2,1-4H3. The second kappa shape index (κ2) is 4.76. The average molecular weight is 262 g/mol. The summed E-state index contributed by atoms with van der Waals surface area (Å²) in [5.74, 6) is 0. The van der Waals surface area contributed by atoms with E-state index in [-0.39, 0.29) is 6.09 Å². The van der Waals surface area contributed by atoms with Crippen molar-refractivity contribution in [2.24, 2.45) is 0 Å². The van der Waals surface area contributed by atoms with Crippen molar-refractivity contribution >= 4 is 11.8 Å². The Kier molecular flexibility index (Phi) is 3.43. The van der Waals surface area contributed by atoms with Crippen LogP contribution in [0.1, 0.15) is 37.5 Å². The van der Waals surface area contributed by atoms with E-state index < -0.39 is 5.60 Å². The Morgan fingerprint density at radius 3 is 2.63 bits per heavy atom. The molecule has 0 spiro atoms. The molecule has 0 aliphatic carbocycles. The van der Waals surface area contributed by atoms with E-state index in [0.29, 0.717) is 13.1 Å². The molecule has 1 aliphatic heterocycles. The molecule has 19 heavy (non-hydrogen) atoms. The zero-order valence-electron chi connectivity index (χ0n) is 12.1. The van der Waals surface area contributed by atoms with E-state index in [4.69, 9.17) is 10.5 Å². The van der Waals surface area contributed by atoms with Crippen LogP contribution in [0, 0.1) is 6.92 Å². The van der Waals surface area contributed by atoms with Crippen LogP contribution in [0.2, 0.25) is 0 Å². The average Bonchev–Trinajstić information content (AvgIpc) is 2.27. The van der Waals surface area contributed by atoms with Crippen LogP contribution in [0.4, 0.5) is 10.5 Å². The number of carbonyl (C=O) groups is 1. The van der Waals surface area contributed by atoms with Gasteiger partial charge in [0.1, 0.15) is 5.60 Å². The molecule has 4 heteroatoms. The van der Waals surface area contributed by atoms with Crippen LogP contribution < -0.4 is 5.73 Å². The number of anilines is 1. The minimum atomic E-state index is -0.450. The lowest BCUT2D eigenvalue weighted by molar-refractivity contribution is 0.0224. The van der Waals surface area contributed by atoms with Crippen molar-refractivity contribution in [2.45, 2.75) is 46.3 Å². The largest absolute Gasteiger partial charge is 0.444 e. The second-order valence-electron chi connectivity index (χ2n) is 6.13. The molecule has 0 aromatic heterocycles. The van der Waals surface area contributed by atoms with Crippen LogP contribution >= 0.6 is 0 Å². The molecule has 1 amide bonds. The van der Waals surface area contributed by atoms with Gasteiger partial charge in [0.15, 0.2) is 0 Å². The number of carbonyl (C=O) groups excluding carboxylic acids is 1. The third-order valence-electron chi connectivity index (χ3n) is 3.25. The molecule has 1 aliphatic rings. The molecule has 0 fully saturated rings. The smallest absolute Gasteiger partial charge is 0.410 e. The number of aryl methyl sites for hydroxylation is 1. The molecule has 2 N–H and O–H groups in total. The van der Waals surface area contributed by atoms with Crippen molar-refractivity contribution in [3.05, 3.63) is 28.8 Å². The number of hydrogen-bond acceptors (Lipinski definition) is 3. The van der Waals surface area contributed by atoms with Gasteiger partial charge in [-0.25, -0.2) is 4.79 Å². The number of fused-ring (bicyclic) bond motifs is 1. The molecule has 2 rings (SSSR count). The maximum Gasteiger partial charge on any atom is 0.410 e. The zero-order chi connectivity index (χ0) is 14.2. The van der Waals surface area contributed by atoms with Crippen molar-refractivity contribution in [1.82, 2.24) is 4.90 Å². The maximum atomic E-state index is 12.1. The molecular formula is C15H22N2O2. The summed E-state index contributed by atoms with van der Waals surface area (Å²) in [6, 6.07) is 4.10.